The van der Waals surface area contributed by atoms with Gasteiger partial charge in [0.2, 0.25) is 0 Å². The summed E-state index contributed by atoms with van der Waals surface area (Å²) in [7, 11) is 0. The Kier molecular flexibility index (Phi) is 3.08. The second-order valence-corrected chi connectivity index (χ2v) is 2.84. The first kappa shape index (κ1) is 9.85. The first-order valence-electron chi connectivity index (χ1n) is 4.77. The number of nitrogens with zero attached hydrogens (tertiary/aromatic N) is 3. The summed E-state index contributed by atoms with van der Waals surface area (Å²) < 4.78 is 10.4. The van der Waals surface area contributed by atoms with Crippen molar-refractivity contribution in [2.45, 2.75) is 6.92 Å². The van der Waals surface area contributed by atoms with Crippen LogP contribution in [0.2, 0.25) is 0 Å². The molecular formula is C9H12N4O2. The molecule has 2 aromatic heterocycles. The highest BCUT2D eigenvalue weighted by molar-refractivity contribution is 5.68. The number of aromatic amines is 1. The second kappa shape index (κ2) is 4.70. The molecule has 0 spiro atoms. The molecule has 0 saturated heterocycles. The van der Waals surface area contributed by atoms with Crippen molar-refractivity contribution in [3.05, 3.63) is 12.5 Å². The Bertz CT molecular complexity index is 429. The summed E-state index contributed by atoms with van der Waals surface area (Å²) >= 11 is 0. The summed E-state index contributed by atoms with van der Waals surface area (Å²) in [6, 6.07) is 0.328. The van der Waals surface area contributed by atoms with Crippen LogP contribution in [0.15, 0.2) is 12.5 Å². The van der Waals surface area contributed by atoms with E-state index in [-0.39, 0.29) is 0 Å². The second-order valence-electron chi connectivity index (χ2n) is 2.84. The first-order valence-corrected chi connectivity index (χ1v) is 4.77. The molecule has 2 aromatic rings. The maximum Gasteiger partial charge on any atom is 0.318 e. The van der Waals surface area contributed by atoms with E-state index in [2.05, 4.69) is 19.9 Å². The molecule has 0 aliphatic heterocycles. The third kappa shape index (κ3) is 2.41. The summed E-state index contributed by atoms with van der Waals surface area (Å²) in [4.78, 5) is 15.0. The van der Waals surface area contributed by atoms with Gasteiger partial charge in [0.05, 0.1) is 19.1 Å². The highest BCUT2D eigenvalue weighted by Gasteiger charge is 2.01. The normalized spacial score (nSPS) is 10.7. The van der Waals surface area contributed by atoms with E-state index >= 15 is 0 Å². The molecule has 6 heteroatoms. The van der Waals surface area contributed by atoms with E-state index in [4.69, 9.17) is 9.47 Å². The van der Waals surface area contributed by atoms with Gasteiger partial charge in [-0.1, -0.05) is 0 Å². The van der Waals surface area contributed by atoms with Crippen molar-refractivity contribution in [3.8, 4) is 6.01 Å². The SMILES string of the molecule is CCOCCOc1ncc2[nH]cnc2n1. The Morgan fingerprint density at radius 3 is 3.13 bits per heavy atom. The Morgan fingerprint density at radius 1 is 1.33 bits per heavy atom. The molecule has 80 valence electrons. The van der Waals surface area contributed by atoms with Crippen LogP contribution in [0.4, 0.5) is 0 Å². The fourth-order valence-corrected chi connectivity index (χ4v) is 1.13. The van der Waals surface area contributed by atoms with Crippen LogP contribution in [0, 0.1) is 0 Å². The Balaban J connectivity index is 1.96. The third-order valence-corrected chi connectivity index (χ3v) is 1.82. The zero-order valence-corrected chi connectivity index (χ0v) is 8.43. The van der Waals surface area contributed by atoms with E-state index in [0.29, 0.717) is 31.5 Å². The van der Waals surface area contributed by atoms with Crippen molar-refractivity contribution in [2.75, 3.05) is 19.8 Å². The number of rotatable bonds is 5. The third-order valence-electron chi connectivity index (χ3n) is 1.82. The zero-order chi connectivity index (χ0) is 10.5. The zero-order valence-electron chi connectivity index (χ0n) is 8.43. The van der Waals surface area contributed by atoms with Gasteiger partial charge in [0, 0.05) is 6.61 Å². The van der Waals surface area contributed by atoms with E-state index in [0.717, 1.165) is 5.52 Å². The standard InChI is InChI=1S/C9H12N4O2/c1-2-14-3-4-15-9-10-5-7-8(13-9)12-6-11-7/h5-6H,2-4H2,1H3,(H,10,11,12,13). The maximum atomic E-state index is 5.28. The Hall–Kier alpha value is -1.69. The van der Waals surface area contributed by atoms with E-state index < -0.39 is 0 Å². The molecule has 2 rings (SSSR count). The molecule has 0 atom stereocenters. The van der Waals surface area contributed by atoms with Gasteiger partial charge in [0.25, 0.3) is 0 Å². The van der Waals surface area contributed by atoms with Crippen LogP contribution in [-0.4, -0.2) is 39.8 Å². The van der Waals surface area contributed by atoms with Crippen LogP contribution >= 0.6 is 0 Å². The lowest BCUT2D eigenvalue weighted by Crippen LogP contribution is -2.08. The molecule has 0 aliphatic carbocycles. The van der Waals surface area contributed by atoms with Crippen LogP contribution in [-0.2, 0) is 4.74 Å². The summed E-state index contributed by atoms with van der Waals surface area (Å²) in [5.41, 5.74) is 1.41. The van der Waals surface area contributed by atoms with Crippen LogP contribution in [0.3, 0.4) is 0 Å². The Labute approximate surface area is 86.7 Å². The van der Waals surface area contributed by atoms with E-state index in [1.54, 1.807) is 12.5 Å². The smallest absolute Gasteiger partial charge is 0.318 e. The van der Waals surface area contributed by atoms with Gasteiger partial charge in [0.1, 0.15) is 12.1 Å². The molecular weight excluding hydrogens is 196 g/mol. The summed E-state index contributed by atoms with van der Waals surface area (Å²) in [6.45, 7) is 3.61. The van der Waals surface area contributed by atoms with E-state index in [1.165, 1.54) is 0 Å². The maximum absolute atomic E-state index is 5.28. The molecule has 0 fully saturated rings. The average molecular weight is 208 g/mol. The van der Waals surface area contributed by atoms with Crippen molar-refractivity contribution in [2.24, 2.45) is 0 Å². The minimum Gasteiger partial charge on any atom is -0.461 e. The van der Waals surface area contributed by atoms with Gasteiger partial charge < -0.3 is 14.5 Å². The van der Waals surface area contributed by atoms with Gasteiger partial charge in [0.15, 0.2) is 5.65 Å². The summed E-state index contributed by atoms with van der Waals surface area (Å²) in [6.07, 6.45) is 3.22. The lowest BCUT2D eigenvalue weighted by molar-refractivity contribution is 0.106. The Morgan fingerprint density at radius 2 is 2.27 bits per heavy atom. The fraction of sp³-hybridized carbons (Fsp3) is 0.444. The molecule has 0 aromatic carbocycles. The lowest BCUT2D eigenvalue weighted by atomic mass is 10.6. The van der Waals surface area contributed by atoms with Crippen molar-refractivity contribution in [1.82, 2.24) is 19.9 Å². The van der Waals surface area contributed by atoms with E-state index in [9.17, 15) is 0 Å². The molecule has 6 nitrogen and oxygen atoms in total. The number of nitrogens with one attached hydrogen (secondary N) is 1. The minimum absolute atomic E-state index is 0.328. The quantitative estimate of drug-likeness (QED) is 0.734. The van der Waals surface area contributed by atoms with Gasteiger partial charge in [-0.3, -0.25) is 0 Å². The van der Waals surface area contributed by atoms with Gasteiger partial charge in [-0.25, -0.2) is 9.97 Å². The molecule has 0 unspecified atom stereocenters. The van der Waals surface area contributed by atoms with Gasteiger partial charge in [-0.15, -0.1) is 0 Å². The fourth-order valence-electron chi connectivity index (χ4n) is 1.13. The first-order chi connectivity index (χ1) is 7.40. The molecule has 1 N–H and O–H groups in total. The monoisotopic (exact) mass is 208 g/mol. The minimum atomic E-state index is 0.328. The topological polar surface area (TPSA) is 72.9 Å². The van der Waals surface area contributed by atoms with E-state index in [1.807, 2.05) is 6.92 Å². The average Bonchev–Trinajstić information content (AvgIpc) is 2.71. The molecule has 0 radical (unpaired) electrons. The highest BCUT2D eigenvalue weighted by atomic mass is 16.5. The van der Waals surface area contributed by atoms with Crippen molar-refractivity contribution in [1.29, 1.82) is 0 Å². The number of H-pyrrole nitrogens is 1. The highest BCUT2D eigenvalue weighted by Crippen LogP contribution is 2.08. The van der Waals surface area contributed by atoms with Gasteiger partial charge >= 0.3 is 6.01 Å². The molecule has 0 amide bonds. The molecule has 15 heavy (non-hydrogen) atoms. The molecule has 0 saturated carbocycles. The number of ether oxygens (including phenoxy) is 2. The number of hydrogen-bond acceptors (Lipinski definition) is 5. The van der Waals surface area contributed by atoms with Gasteiger partial charge in [-0.2, -0.15) is 4.98 Å². The summed E-state index contributed by atoms with van der Waals surface area (Å²) in [5, 5.41) is 0. The predicted molar refractivity (Wildman–Crippen MR) is 53.7 cm³/mol. The molecule has 2 heterocycles. The van der Waals surface area contributed by atoms with Crippen LogP contribution in [0.1, 0.15) is 6.92 Å². The molecule has 0 bridgehead atoms. The molecule has 0 aliphatic rings. The number of hydrogen-bond donors (Lipinski definition) is 1. The summed E-state index contributed by atoms with van der Waals surface area (Å²) in [5.74, 6) is 0. The largest absolute Gasteiger partial charge is 0.461 e. The van der Waals surface area contributed by atoms with Crippen LogP contribution in [0.5, 0.6) is 6.01 Å². The number of fused-ring (bicyclic) bond motifs is 1. The van der Waals surface area contributed by atoms with Crippen LogP contribution < -0.4 is 4.74 Å². The lowest BCUT2D eigenvalue weighted by Gasteiger charge is -2.03. The van der Waals surface area contributed by atoms with Crippen LogP contribution in [0.25, 0.3) is 11.2 Å². The van der Waals surface area contributed by atoms with Gasteiger partial charge in [-0.05, 0) is 6.92 Å². The van der Waals surface area contributed by atoms with Crippen molar-refractivity contribution in [3.63, 3.8) is 0 Å². The van der Waals surface area contributed by atoms with Crippen molar-refractivity contribution < 1.29 is 9.47 Å². The number of aromatic nitrogens is 4. The van der Waals surface area contributed by atoms with Crippen molar-refractivity contribution >= 4 is 11.2 Å². The predicted octanol–water partition coefficient (Wildman–Crippen LogP) is 0.768. The number of imidazole rings is 1.